The normalized spacial score (nSPS) is 17.3. The van der Waals surface area contributed by atoms with Gasteiger partial charge in [-0.2, -0.15) is 0 Å². The number of thioether (sulfide) groups is 1. The summed E-state index contributed by atoms with van der Waals surface area (Å²) in [4.78, 5) is 14.6. The maximum absolute atomic E-state index is 12.6. The molecule has 0 bridgehead atoms. The number of hydrogen-bond donors (Lipinski definition) is 1. The van der Waals surface area contributed by atoms with Crippen molar-refractivity contribution in [3.05, 3.63) is 29.3 Å². The lowest BCUT2D eigenvalue weighted by molar-refractivity contribution is -0.132. The number of carbonyl (C=O) groups is 1. The van der Waals surface area contributed by atoms with E-state index in [-0.39, 0.29) is 5.91 Å². The van der Waals surface area contributed by atoms with Crippen LogP contribution in [0.4, 0.5) is 10.8 Å². The van der Waals surface area contributed by atoms with E-state index in [0.717, 1.165) is 41.0 Å². The quantitative estimate of drug-likeness (QED) is 0.719. The Morgan fingerprint density at radius 2 is 2.19 bits per heavy atom. The predicted molar refractivity (Wildman–Crippen MR) is 109 cm³/mol. The molecule has 1 unspecified atom stereocenters. The van der Waals surface area contributed by atoms with Crippen molar-refractivity contribution >= 4 is 39.8 Å². The summed E-state index contributed by atoms with van der Waals surface area (Å²) in [6.07, 6.45) is 4.53. The van der Waals surface area contributed by atoms with Gasteiger partial charge in [-0.3, -0.25) is 4.79 Å². The largest absolute Gasteiger partial charge is 0.339 e. The van der Waals surface area contributed by atoms with Gasteiger partial charge in [-0.1, -0.05) is 42.2 Å². The third-order valence-corrected chi connectivity index (χ3v) is 6.95. The molecule has 26 heavy (non-hydrogen) atoms. The van der Waals surface area contributed by atoms with Crippen LogP contribution in [0, 0.1) is 13.8 Å². The van der Waals surface area contributed by atoms with Gasteiger partial charge in [0.05, 0.1) is 5.75 Å². The summed E-state index contributed by atoms with van der Waals surface area (Å²) in [5.41, 5.74) is 3.50. The van der Waals surface area contributed by atoms with Crippen LogP contribution in [0.3, 0.4) is 0 Å². The molecule has 0 spiro atoms. The Balaban J connectivity index is 1.56. The summed E-state index contributed by atoms with van der Waals surface area (Å²) in [5, 5.41) is 12.5. The fourth-order valence-electron chi connectivity index (χ4n) is 3.28. The summed E-state index contributed by atoms with van der Waals surface area (Å²) in [5.74, 6) is 0.662. The minimum absolute atomic E-state index is 0.223. The van der Waals surface area contributed by atoms with Crippen LogP contribution in [0.5, 0.6) is 0 Å². The molecule has 1 amide bonds. The lowest BCUT2D eigenvalue weighted by atomic mass is 10.0. The van der Waals surface area contributed by atoms with E-state index in [1.54, 1.807) is 0 Å². The van der Waals surface area contributed by atoms with Gasteiger partial charge >= 0.3 is 0 Å². The lowest BCUT2D eigenvalue weighted by Gasteiger charge is -2.35. The molecule has 2 heterocycles. The summed E-state index contributed by atoms with van der Waals surface area (Å²) in [7, 11) is 0. The second-order valence-corrected chi connectivity index (χ2v) is 8.88. The average molecular weight is 391 g/mol. The molecule has 1 aromatic carbocycles. The Kier molecular flexibility index (Phi) is 6.53. The van der Waals surface area contributed by atoms with Crippen LogP contribution in [0.2, 0.25) is 0 Å². The van der Waals surface area contributed by atoms with Crippen LogP contribution in [-0.4, -0.2) is 39.3 Å². The summed E-state index contributed by atoms with van der Waals surface area (Å²) >= 11 is 2.98. The molecule has 1 saturated heterocycles. The molecule has 1 atom stereocenters. The molecule has 3 rings (SSSR count). The summed E-state index contributed by atoms with van der Waals surface area (Å²) in [6, 6.07) is 6.58. The zero-order valence-electron chi connectivity index (χ0n) is 15.6. The Bertz CT molecular complexity index is 762. The highest BCUT2D eigenvalue weighted by atomic mass is 32.2. The number of aromatic nitrogens is 2. The van der Waals surface area contributed by atoms with E-state index in [2.05, 4.69) is 47.3 Å². The van der Waals surface area contributed by atoms with E-state index in [9.17, 15) is 4.79 Å². The van der Waals surface area contributed by atoms with Gasteiger partial charge in [-0.25, -0.2) is 0 Å². The predicted octanol–water partition coefficient (Wildman–Crippen LogP) is 4.78. The smallest absolute Gasteiger partial charge is 0.233 e. The van der Waals surface area contributed by atoms with Crippen LogP contribution in [0.25, 0.3) is 0 Å². The van der Waals surface area contributed by atoms with E-state index in [1.165, 1.54) is 40.6 Å². The Labute approximate surface area is 163 Å². The highest BCUT2D eigenvalue weighted by Crippen LogP contribution is 2.30. The molecule has 5 nitrogen and oxygen atoms in total. The van der Waals surface area contributed by atoms with E-state index in [4.69, 9.17) is 0 Å². The first-order valence-corrected chi connectivity index (χ1v) is 11.0. The Morgan fingerprint density at radius 3 is 3.00 bits per heavy atom. The molecule has 0 saturated carbocycles. The number of hydrogen-bond acceptors (Lipinski definition) is 6. The number of benzene rings is 1. The van der Waals surface area contributed by atoms with Crippen molar-refractivity contribution in [2.45, 2.75) is 56.8 Å². The Hall–Kier alpha value is -1.60. The van der Waals surface area contributed by atoms with Gasteiger partial charge in [-0.15, -0.1) is 10.2 Å². The van der Waals surface area contributed by atoms with Gasteiger partial charge in [0, 0.05) is 18.3 Å². The molecular weight excluding hydrogens is 364 g/mol. The van der Waals surface area contributed by atoms with Crippen molar-refractivity contribution in [3.63, 3.8) is 0 Å². The Morgan fingerprint density at radius 1 is 1.35 bits per heavy atom. The van der Waals surface area contributed by atoms with Gasteiger partial charge < -0.3 is 10.2 Å². The lowest BCUT2D eigenvalue weighted by Crippen LogP contribution is -2.44. The van der Waals surface area contributed by atoms with Crippen molar-refractivity contribution in [3.8, 4) is 0 Å². The van der Waals surface area contributed by atoms with Crippen molar-refractivity contribution in [1.29, 1.82) is 0 Å². The third kappa shape index (κ3) is 4.57. The molecule has 140 valence electrons. The minimum Gasteiger partial charge on any atom is -0.339 e. The zero-order chi connectivity index (χ0) is 18.5. The van der Waals surface area contributed by atoms with Gasteiger partial charge in [0.25, 0.3) is 0 Å². The monoisotopic (exact) mass is 390 g/mol. The standard InChI is InChI=1S/C19H26N4OS2/c1-4-15-9-5-6-11-23(15)17(24)12-25-19-22-21-18(26-19)20-16-10-7-8-13(2)14(16)3/h7-8,10,15H,4-6,9,11-12H2,1-3H3,(H,20,21). The first-order chi connectivity index (χ1) is 12.6. The first-order valence-electron chi connectivity index (χ1n) is 9.17. The van der Waals surface area contributed by atoms with Crippen molar-refractivity contribution in [2.24, 2.45) is 0 Å². The average Bonchev–Trinajstić information content (AvgIpc) is 3.11. The summed E-state index contributed by atoms with van der Waals surface area (Å²) in [6.45, 7) is 7.25. The molecule has 0 aliphatic carbocycles. The van der Waals surface area contributed by atoms with Crippen LogP contribution < -0.4 is 5.32 Å². The van der Waals surface area contributed by atoms with Crippen molar-refractivity contribution < 1.29 is 4.79 Å². The molecule has 1 aromatic heterocycles. The van der Waals surface area contributed by atoms with E-state index >= 15 is 0 Å². The van der Waals surface area contributed by atoms with Crippen LogP contribution in [0.1, 0.15) is 43.7 Å². The zero-order valence-corrected chi connectivity index (χ0v) is 17.3. The maximum atomic E-state index is 12.6. The first kappa shape index (κ1) is 19.2. The number of aryl methyl sites for hydroxylation is 1. The number of anilines is 2. The SMILES string of the molecule is CCC1CCCCN1C(=O)CSc1nnc(Nc2cccc(C)c2C)s1. The highest BCUT2D eigenvalue weighted by molar-refractivity contribution is 8.01. The highest BCUT2D eigenvalue weighted by Gasteiger charge is 2.25. The number of rotatable bonds is 6. The second kappa shape index (κ2) is 8.86. The topological polar surface area (TPSA) is 58.1 Å². The molecule has 2 aromatic rings. The van der Waals surface area contributed by atoms with Crippen LogP contribution in [0.15, 0.2) is 22.5 Å². The molecule has 7 heteroatoms. The maximum Gasteiger partial charge on any atom is 0.233 e. The van der Waals surface area contributed by atoms with Crippen molar-refractivity contribution in [1.82, 2.24) is 15.1 Å². The van der Waals surface area contributed by atoms with Crippen LogP contribution >= 0.6 is 23.1 Å². The van der Waals surface area contributed by atoms with Gasteiger partial charge in [0.1, 0.15) is 0 Å². The van der Waals surface area contributed by atoms with Gasteiger partial charge in [-0.05, 0) is 56.7 Å². The van der Waals surface area contributed by atoms with E-state index in [0.29, 0.717) is 11.8 Å². The summed E-state index contributed by atoms with van der Waals surface area (Å²) < 4.78 is 0.830. The minimum atomic E-state index is 0.223. The fraction of sp³-hybridized carbons (Fsp3) is 0.526. The van der Waals surface area contributed by atoms with Gasteiger partial charge in [0.15, 0.2) is 4.34 Å². The van der Waals surface area contributed by atoms with E-state index in [1.807, 2.05) is 12.1 Å². The molecule has 1 fully saturated rings. The molecule has 1 aliphatic heterocycles. The number of nitrogens with zero attached hydrogens (tertiary/aromatic N) is 3. The third-order valence-electron chi connectivity index (χ3n) is 4.99. The molecule has 1 aliphatic rings. The van der Waals surface area contributed by atoms with E-state index < -0.39 is 0 Å². The van der Waals surface area contributed by atoms with Gasteiger partial charge in [0.2, 0.25) is 11.0 Å². The fourth-order valence-corrected chi connectivity index (χ4v) is 4.93. The number of piperidine rings is 1. The number of nitrogens with one attached hydrogen (secondary N) is 1. The molecular formula is C19H26N4OS2. The molecule has 0 radical (unpaired) electrons. The molecule has 1 N–H and O–H groups in total. The number of carbonyl (C=O) groups excluding carboxylic acids is 1. The number of likely N-dealkylation sites (tertiary alicyclic amines) is 1. The van der Waals surface area contributed by atoms with Crippen molar-refractivity contribution in [2.75, 3.05) is 17.6 Å². The van der Waals surface area contributed by atoms with Crippen LogP contribution in [-0.2, 0) is 4.79 Å². The second-order valence-electron chi connectivity index (χ2n) is 6.68. The number of amides is 1.